The van der Waals surface area contributed by atoms with Crippen molar-refractivity contribution in [2.24, 2.45) is 0 Å². The van der Waals surface area contributed by atoms with Gasteiger partial charge in [-0.1, -0.05) is 146 Å². The number of nitrogens with zero attached hydrogens (tertiary/aromatic N) is 5. The minimum Gasteiger partial charge on any atom is -0.309 e. The van der Waals surface area contributed by atoms with E-state index in [1.807, 2.05) is 158 Å². The number of halogens is 9. The number of hydrogen-bond donors (Lipinski definition) is 0. The predicted octanol–water partition coefficient (Wildman–Crippen LogP) is 23.9. The van der Waals surface area contributed by atoms with Crippen LogP contribution in [0.4, 0.5) is 39.5 Å². The van der Waals surface area contributed by atoms with Crippen LogP contribution >= 0.6 is 0 Å². The Labute approximate surface area is 544 Å². The Hall–Kier alpha value is -11.3. The molecule has 0 bridgehead atoms. The van der Waals surface area contributed by atoms with Crippen molar-refractivity contribution in [1.82, 2.24) is 18.3 Å². The number of nitriles is 1. The molecule has 0 aliphatic rings. The number of rotatable bonds is 6. The summed E-state index contributed by atoms with van der Waals surface area (Å²) in [7, 11) is 0. The molecule has 4 heterocycles. The minimum absolute atomic E-state index is 0.00000850. The molecule has 0 aliphatic heterocycles. The second-order valence-electron chi connectivity index (χ2n) is 24.9. The van der Waals surface area contributed by atoms with Crippen LogP contribution in [0.2, 0.25) is 0 Å². The third kappa shape index (κ3) is 9.85. The monoisotopic (exact) mass is 1280 g/mol. The molecule has 16 aromatic rings. The summed E-state index contributed by atoms with van der Waals surface area (Å²) in [5.74, 6) is 0. The number of fused-ring (bicyclic) bond motifs is 12. The van der Waals surface area contributed by atoms with Crippen LogP contribution in [0.3, 0.4) is 0 Å². The third-order valence-electron chi connectivity index (χ3n) is 18.6. The van der Waals surface area contributed by atoms with Crippen LogP contribution in [0, 0.1) is 52.9 Å². The highest BCUT2D eigenvalue weighted by Crippen LogP contribution is 2.51. The summed E-state index contributed by atoms with van der Waals surface area (Å²) in [6.07, 6.45) is -14.2. The van der Waals surface area contributed by atoms with Crippen LogP contribution in [-0.4, -0.2) is 18.3 Å². The van der Waals surface area contributed by atoms with E-state index in [0.717, 1.165) is 112 Å². The number of hydrogen-bond acceptors (Lipinski definition) is 1. The molecule has 0 aliphatic carbocycles. The van der Waals surface area contributed by atoms with Crippen molar-refractivity contribution >= 4 is 87.2 Å². The van der Waals surface area contributed by atoms with Crippen LogP contribution in [0.25, 0.3) is 132 Å². The molecular formula is C82H56F9N5. The zero-order valence-electron chi connectivity index (χ0n) is 52.6. The van der Waals surface area contributed by atoms with E-state index in [2.05, 4.69) is 30.3 Å². The molecule has 14 heteroatoms. The van der Waals surface area contributed by atoms with Gasteiger partial charge < -0.3 is 18.3 Å². The van der Waals surface area contributed by atoms with Gasteiger partial charge in [0.25, 0.3) is 0 Å². The molecule has 0 N–H and O–H groups in total. The summed E-state index contributed by atoms with van der Waals surface area (Å²) in [4.78, 5) is 0. The number of benzene rings is 12. The third-order valence-corrected chi connectivity index (χ3v) is 18.6. The standard InChI is InChI=1S/C41H28F6N2.C41H28F3N3/c1-23-15-17-29-27-10-4-6-13-32(27)48(34(29)19-23)36-21-26(40(42,43)44)22-37(39(36)38-25(3)9-8-12-31(38)41(45,46)47)49-33-14-7-5-11-28(33)30-18-16-24(2)20-35(30)49;1-24-15-17-30-28-10-4-6-13-33(28)46(35(30)19-24)37-21-27(23-45)22-38(40(37)39-26(3)9-8-12-32(39)41(42,43)44)47-34-14-7-5-11-29(34)31-18-16-25(2)20-36(31)47/h4-22H,1-3H3;4-22H,1-3H3. The van der Waals surface area contributed by atoms with Gasteiger partial charge in [0, 0.05) is 65.3 Å². The van der Waals surface area contributed by atoms with Crippen LogP contribution in [0.15, 0.2) is 231 Å². The molecule has 0 amide bonds. The highest BCUT2D eigenvalue weighted by atomic mass is 19.4. The molecule has 12 aromatic carbocycles. The summed E-state index contributed by atoms with van der Waals surface area (Å²) in [5, 5.41) is 17.5. The van der Waals surface area contributed by atoms with Gasteiger partial charge in [0.05, 0.1) is 95.2 Å². The maximum Gasteiger partial charge on any atom is 0.417 e. The van der Waals surface area contributed by atoms with E-state index < -0.39 is 35.2 Å². The van der Waals surface area contributed by atoms with Gasteiger partial charge in [0.2, 0.25) is 0 Å². The van der Waals surface area contributed by atoms with Gasteiger partial charge in [-0.25, -0.2) is 0 Å². The molecule has 96 heavy (non-hydrogen) atoms. The fourth-order valence-electron chi connectivity index (χ4n) is 14.5. The Bertz CT molecular complexity index is 5680. The Kier molecular flexibility index (Phi) is 14.2. The summed E-state index contributed by atoms with van der Waals surface area (Å²) < 4.78 is 143. The fraction of sp³-hybridized carbons (Fsp3) is 0.110. The molecule has 0 atom stereocenters. The van der Waals surface area contributed by atoms with Gasteiger partial charge in [0.15, 0.2) is 0 Å². The average Bonchev–Trinajstić information content (AvgIpc) is 1.66. The van der Waals surface area contributed by atoms with Crippen molar-refractivity contribution in [2.75, 3.05) is 0 Å². The summed E-state index contributed by atoms with van der Waals surface area (Å²) in [6.45, 7) is 11.1. The van der Waals surface area contributed by atoms with Crippen molar-refractivity contribution in [2.45, 2.75) is 60.1 Å². The van der Waals surface area contributed by atoms with E-state index in [9.17, 15) is 5.26 Å². The summed E-state index contributed by atoms with van der Waals surface area (Å²) in [5.41, 5.74) is 9.36. The minimum atomic E-state index is -4.82. The van der Waals surface area contributed by atoms with Crippen LogP contribution in [-0.2, 0) is 18.5 Å². The second kappa shape index (κ2) is 22.4. The summed E-state index contributed by atoms with van der Waals surface area (Å²) >= 11 is 0. The van der Waals surface area contributed by atoms with Gasteiger partial charge in [-0.05, 0) is 160 Å². The lowest BCUT2D eigenvalue weighted by Gasteiger charge is -2.25. The number of alkyl halides is 9. The first-order valence-electron chi connectivity index (χ1n) is 31.2. The first-order chi connectivity index (χ1) is 46.0. The normalized spacial score (nSPS) is 12.3. The van der Waals surface area contributed by atoms with Gasteiger partial charge in [-0.3, -0.25) is 0 Å². The Morgan fingerprint density at radius 2 is 0.542 bits per heavy atom. The predicted molar refractivity (Wildman–Crippen MR) is 369 cm³/mol. The topological polar surface area (TPSA) is 43.5 Å². The van der Waals surface area contributed by atoms with E-state index in [1.165, 1.54) is 12.1 Å². The van der Waals surface area contributed by atoms with Gasteiger partial charge in [-0.2, -0.15) is 44.8 Å². The van der Waals surface area contributed by atoms with Crippen molar-refractivity contribution in [3.63, 3.8) is 0 Å². The quantitative estimate of drug-likeness (QED) is 0.153. The van der Waals surface area contributed by atoms with Gasteiger partial charge in [-0.15, -0.1) is 0 Å². The zero-order valence-corrected chi connectivity index (χ0v) is 52.6. The molecule has 0 radical (unpaired) electrons. The molecule has 472 valence electrons. The maximum atomic E-state index is 15.1. The fourth-order valence-corrected chi connectivity index (χ4v) is 14.5. The molecule has 0 unspecified atom stereocenters. The number of aryl methyl sites for hydroxylation is 6. The van der Waals surface area contributed by atoms with Crippen molar-refractivity contribution in [3.8, 4) is 51.1 Å². The van der Waals surface area contributed by atoms with E-state index >= 15 is 39.5 Å². The van der Waals surface area contributed by atoms with Crippen molar-refractivity contribution < 1.29 is 39.5 Å². The van der Waals surface area contributed by atoms with E-state index in [0.29, 0.717) is 50.1 Å². The molecule has 5 nitrogen and oxygen atoms in total. The smallest absolute Gasteiger partial charge is 0.309 e. The lowest BCUT2D eigenvalue weighted by atomic mass is 9.90. The van der Waals surface area contributed by atoms with Crippen LogP contribution in [0.5, 0.6) is 0 Å². The molecule has 16 rings (SSSR count). The molecule has 4 aromatic heterocycles. The molecule has 0 saturated heterocycles. The summed E-state index contributed by atoms with van der Waals surface area (Å²) in [6, 6.07) is 70.2. The van der Waals surface area contributed by atoms with E-state index in [4.69, 9.17) is 0 Å². The number of aromatic nitrogens is 4. The largest absolute Gasteiger partial charge is 0.417 e. The first kappa shape index (κ1) is 60.9. The Balaban J connectivity index is 0.000000158. The molecule has 0 saturated carbocycles. The lowest BCUT2D eigenvalue weighted by Crippen LogP contribution is -2.14. The van der Waals surface area contributed by atoms with Crippen LogP contribution in [0.1, 0.15) is 55.6 Å². The second-order valence-corrected chi connectivity index (χ2v) is 24.9. The highest BCUT2D eigenvalue weighted by Gasteiger charge is 2.40. The maximum absolute atomic E-state index is 15.1. The van der Waals surface area contributed by atoms with Gasteiger partial charge in [0.1, 0.15) is 0 Å². The van der Waals surface area contributed by atoms with E-state index in [1.54, 1.807) is 71.5 Å². The molecule has 0 spiro atoms. The van der Waals surface area contributed by atoms with E-state index in [-0.39, 0.29) is 33.6 Å². The highest BCUT2D eigenvalue weighted by molar-refractivity contribution is 6.15. The SMILES string of the molecule is Cc1ccc2c3ccccc3n(-c3cc(C#N)cc(-n4c5ccccc5c5ccc(C)cc54)c3-c3c(C)cccc3C(F)(F)F)c2c1.Cc1ccc2c3ccccc3n(-c3cc(C(F)(F)F)cc(-n4c5ccccc5c5ccc(C)cc54)c3-c3c(C)cccc3C(F)(F)F)c2c1. The first-order valence-corrected chi connectivity index (χ1v) is 31.2. The molecular weight excluding hydrogens is 1230 g/mol. The Morgan fingerprint density at radius 1 is 0.271 bits per heavy atom. The molecule has 0 fully saturated rings. The van der Waals surface area contributed by atoms with Gasteiger partial charge >= 0.3 is 18.5 Å². The van der Waals surface area contributed by atoms with Crippen molar-refractivity contribution in [3.05, 3.63) is 286 Å². The zero-order chi connectivity index (χ0) is 67.0. The Morgan fingerprint density at radius 3 is 0.812 bits per heavy atom. The average molecular weight is 1280 g/mol. The lowest BCUT2D eigenvalue weighted by molar-refractivity contribution is -0.138. The van der Waals surface area contributed by atoms with Crippen LogP contribution < -0.4 is 0 Å². The van der Waals surface area contributed by atoms with Crippen molar-refractivity contribution in [1.29, 1.82) is 5.26 Å². The number of para-hydroxylation sites is 4.